The van der Waals surface area contributed by atoms with E-state index in [1.807, 2.05) is 19.1 Å². The maximum atomic E-state index is 13.3. The molecule has 1 amide bonds. The Balaban J connectivity index is 1.53. The van der Waals surface area contributed by atoms with Crippen LogP contribution >= 0.6 is 0 Å². The molecule has 0 unspecified atom stereocenters. The van der Waals surface area contributed by atoms with Crippen molar-refractivity contribution in [3.05, 3.63) is 108 Å². The highest BCUT2D eigenvalue weighted by Crippen LogP contribution is 2.23. The molecule has 4 aromatic rings. The minimum Gasteiger partial charge on any atom is -0.468 e. The number of sulfonamides is 1. The van der Waals surface area contributed by atoms with E-state index in [2.05, 4.69) is 5.32 Å². The Morgan fingerprint density at radius 2 is 1.41 bits per heavy atom. The minimum absolute atomic E-state index is 0.0575. The van der Waals surface area contributed by atoms with Gasteiger partial charge in [-0.2, -0.15) is 4.31 Å². The maximum Gasteiger partial charge on any atom is 0.255 e. The molecule has 0 spiro atoms. The van der Waals surface area contributed by atoms with Crippen molar-refractivity contribution >= 4 is 21.6 Å². The number of benzene rings is 2. The van der Waals surface area contributed by atoms with Crippen LogP contribution in [0.4, 0.5) is 5.69 Å². The predicted octanol–water partition coefficient (Wildman–Crippen LogP) is 4.82. The summed E-state index contributed by atoms with van der Waals surface area (Å²) in [6, 6.07) is 20.1. The quantitative estimate of drug-likeness (QED) is 0.415. The summed E-state index contributed by atoms with van der Waals surface area (Å²) < 4.78 is 38.6. The van der Waals surface area contributed by atoms with Gasteiger partial charge >= 0.3 is 0 Å². The van der Waals surface area contributed by atoms with Crippen LogP contribution in [0.15, 0.2) is 99.1 Å². The van der Waals surface area contributed by atoms with E-state index in [0.29, 0.717) is 22.8 Å². The van der Waals surface area contributed by atoms with Crippen LogP contribution in [0.1, 0.15) is 27.4 Å². The molecule has 0 fully saturated rings. The average Bonchev–Trinajstić information content (AvgIpc) is 3.48. The molecule has 0 bridgehead atoms. The lowest BCUT2D eigenvalue weighted by Crippen LogP contribution is -2.30. The number of hydrogen-bond donors (Lipinski definition) is 1. The van der Waals surface area contributed by atoms with Gasteiger partial charge in [0.1, 0.15) is 11.5 Å². The van der Waals surface area contributed by atoms with Gasteiger partial charge in [0.2, 0.25) is 10.0 Å². The van der Waals surface area contributed by atoms with E-state index in [1.54, 1.807) is 48.5 Å². The topological polar surface area (TPSA) is 92.8 Å². The molecule has 1 N–H and O–H groups in total. The Kier molecular flexibility index (Phi) is 6.25. The van der Waals surface area contributed by atoms with Gasteiger partial charge in [0, 0.05) is 11.3 Å². The first-order valence-corrected chi connectivity index (χ1v) is 11.4. The zero-order valence-corrected chi connectivity index (χ0v) is 18.2. The normalized spacial score (nSPS) is 11.6. The van der Waals surface area contributed by atoms with Crippen LogP contribution < -0.4 is 5.32 Å². The molecule has 8 heteroatoms. The van der Waals surface area contributed by atoms with Crippen molar-refractivity contribution in [2.24, 2.45) is 0 Å². The number of carbonyl (C=O) groups excluding carboxylic acids is 1. The van der Waals surface area contributed by atoms with Gasteiger partial charge in [-0.05, 0) is 67.6 Å². The van der Waals surface area contributed by atoms with Gasteiger partial charge in [-0.15, -0.1) is 0 Å². The highest BCUT2D eigenvalue weighted by molar-refractivity contribution is 7.89. The lowest BCUT2D eigenvalue weighted by Gasteiger charge is -2.20. The maximum absolute atomic E-state index is 13.3. The summed E-state index contributed by atoms with van der Waals surface area (Å²) >= 11 is 0. The smallest absolute Gasteiger partial charge is 0.255 e. The second kappa shape index (κ2) is 9.25. The number of carbonyl (C=O) groups is 1. The Morgan fingerprint density at radius 1 is 0.844 bits per heavy atom. The molecular weight excluding hydrogens is 428 g/mol. The molecule has 2 heterocycles. The first-order valence-electron chi connectivity index (χ1n) is 9.95. The molecule has 0 aliphatic carbocycles. The second-order valence-corrected chi connectivity index (χ2v) is 9.21. The fraction of sp³-hybridized carbons (Fsp3) is 0.125. The van der Waals surface area contributed by atoms with Crippen molar-refractivity contribution in [2.75, 3.05) is 5.32 Å². The number of hydrogen-bond acceptors (Lipinski definition) is 5. The highest BCUT2D eigenvalue weighted by Gasteiger charge is 2.26. The summed E-state index contributed by atoms with van der Waals surface area (Å²) in [5, 5.41) is 2.78. The molecule has 0 radical (unpaired) electrons. The van der Waals surface area contributed by atoms with Crippen molar-refractivity contribution < 1.29 is 22.0 Å². The van der Waals surface area contributed by atoms with Crippen molar-refractivity contribution in [2.45, 2.75) is 24.9 Å². The van der Waals surface area contributed by atoms with Crippen LogP contribution in [0, 0.1) is 6.92 Å². The number of anilines is 1. The molecule has 2 aromatic heterocycles. The van der Waals surface area contributed by atoms with E-state index in [0.717, 1.165) is 5.56 Å². The molecule has 32 heavy (non-hydrogen) atoms. The summed E-state index contributed by atoms with van der Waals surface area (Å²) in [5.74, 6) is 0.766. The summed E-state index contributed by atoms with van der Waals surface area (Å²) in [6.07, 6.45) is 3.00. The molecule has 4 rings (SSSR count). The van der Waals surface area contributed by atoms with E-state index in [9.17, 15) is 13.2 Å². The average molecular weight is 451 g/mol. The van der Waals surface area contributed by atoms with Gasteiger partial charge in [0.05, 0.1) is 30.5 Å². The summed E-state index contributed by atoms with van der Waals surface area (Å²) in [4.78, 5) is 12.5. The van der Waals surface area contributed by atoms with Gasteiger partial charge in [-0.3, -0.25) is 4.79 Å². The van der Waals surface area contributed by atoms with Crippen molar-refractivity contribution in [1.82, 2.24) is 4.31 Å². The minimum atomic E-state index is -3.85. The van der Waals surface area contributed by atoms with E-state index in [1.165, 1.54) is 29.0 Å². The fourth-order valence-electron chi connectivity index (χ4n) is 3.15. The lowest BCUT2D eigenvalue weighted by atomic mass is 10.1. The molecule has 164 valence electrons. The molecular formula is C24H22N2O5S. The standard InChI is InChI=1S/C24H22N2O5S/c1-18-6-8-19(9-7-18)24(27)25-20-10-12-23(13-11-20)32(28,29)26(16-21-4-2-14-30-21)17-22-5-3-15-31-22/h2-15H,16-17H2,1H3,(H,25,27). The van der Waals surface area contributed by atoms with Gasteiger partial charge in [0.25, 0.3) is 5.91 Å². The summed E-state index contributed by atoms with van der Waals surface area (Å²) in [5.41, 5.74) is 2.08. The number of furan rings is 2. The summed E-state index contributed by atoms with van der Waals surface area (Å²) in [7, 11) is -3.85. The van der Waals surface area contributed by atoms with Crippen LogP contribution in [0.5, 0.6) is 0 Å². The third-order valence-electron chi connectivity index (χ3n) is 4.89. The van der Waals surface area contributed by atoms with Crippen LogP contribution in [0.3, 0.4) is 0 Å². The van der Waals surface area contributed by atoms with Crippen LogP contribution in [0.2, 0.25) is 0 Å². The van der Waals surface area contributed by atoms with Crippen molar-refractivity contribution in [3.8, 4) is 0 Å². The zero-order chi connectivity index (χ0) is 22.6. The molecule has 7 nitrogen and oxygen atoms in total. The third-order valence-corrected chi connectivity index (χ3v) is 6.69. The van der Waals surface area contributed by atoms with E-state index in [4.69, 9.17) is 8.83 Å². The van der Waals surface area contributed by atoms with Crippen molar-refractivity contribution in [1.29, 1.82) is 0 Å². The van der Waals surface area contributed by atoms with Crippen LogP contribution in [0.25, 0.3) is 0 Å². The van der Waals surface area contributed by atoms with E-state index in [-0.39, 0.29) is 23.9 Å². The Bertz CT molecular complexity index is 1230. The molecule has 0 aliphatic heterocycles. The first kappa shape index (κ1) is 21.6. The van der Waals surface area contributed by atoms with E-state index < -0.39 is 10.0 Å². The predicted molar refractivity (Wildman–Crippen MR) is 119 cm³/mol. The third kappa shape index (κ3) is 4.99. The number of rotatable bonds is 8. The fourth-order valence-corrected chi connectivity index (χ4v) is 4.52. The molecule has 2 aromatic carbocycles. The zero-order valence-electron chi connectivity index (χ0n) is 17.4. The SMILES string of the molecule is Cc1ccc(C(=O)Nc2ccc(S(=O)(=O)N(Cc3ccco3)Cc3ccco3)cc2)cc1. The highest BCUT2D eigenvalue weighted by atomic mass is 32.2. The number of nitrogens with zero attached hydrogens (tertiary/aromatic N) is 1. The lowest BCUT2D eigenvalue weighted by molar-refractivity contribution is 0.102. The Morgan fingerprint density at radius 3 is 1.91 bits per heavy atom. The molecule has 0 aliphatic rings. The number of nitrogens with one attached hydrogen (secondary N) is 1. The number of aryl methyl sites for hydroxylation is 1. The van der Waals surface area contributed by atoms with E-state index >= 15 is 0 Å². The van der Waals surface area contributed by atoms with Gasteiger partial charge < -0.3 is 14.2 Å². The van der Waals surface area contributed by atoms with Crippen molar-refractivity contribution in [3.63, 3.8) is 0 Å². The van der Waals surface area contributed by atoms with Crippen LogP contribution in [-0.2, 0) is 23.1 Å². The van der Waals surface area contributed by atoms with Gasteiger partial charge in [0.15, 0.2) is 0 Å². The molecule has 0 saturated heterocycles. The Hall–Kier alpha value is -3.62. The number of amides is 1. The summed E-state index contributed by atoms with van der Waals surface area (Å²) in [6.45, 7) is 2.06. The largest absolute Gasteiger partial charge is 0.468 e. The Labute approximate surface area is 186 Å². The van der Waals surface area contributed by atoms with Gasteiger partial charge in [-0.1, -0.05) is 17.7 Å². The molecule has 0 atom stereocenters. The van der Waals surface area contributed by atoms with Crippen LogP contribution in [-0.4, -0.2) is 18.6 Å². The first-order chi connectivity index (χ1) is 15.4. The second-order valence-electron chi connectivity index (χ2n) is 7.28. The monoisotopic (exact) mass is 450 g/mol. The van der Waals surface area contributed by atoms with Gasteiger partial charge in [-0.25, -0.2) is 8.42 Å². The molecule has 0 saturated carbocycles.